The number of fused-ring (bicyclic) bond motifs is 1. The monoisotopic (exact) mass is 341 g/mol. The minimum atomic E-state index is 0.200. The van der Waals surface area contributed by atoms with Crippen LogP contribution >= 0.6 is 0 Å². The van der Waals surface area contributed by atoms with Gasteiger partial charge in [-0.05, 0) is 42.7 Å². The molecule has 1 aromatic carbocycles. The summed E-state index contributed by atoms with van der Waals surface area (Å²) in [5.41, 5.74) is 6.01. The summed E-state index contributed by atoms with van der Waals surface area (Å²) in [6.45, 7) is 3.80. The van der Waals surface area contributed by atoms with E-state index in [-0.39, 0.29) is 5.75 Å². The molecular weight excluding hydrogens is 326 g/mol. The number of aromatic hydroxyl groups is 1. The second-order valence-electron chi connectivity index (χ2n) is 6.13. The van der Waals surface area contributed by atoms with Crippen LogP contribution in [-0.4, -0.2) is 25.0 Å². The Labute approximate surface area is 149 Å². The Bertz CT molecular complexity index is 1170. The average molecular weight is 341 g/mol. The number of nitrogens with one attached hydrogen (secondary N) is 1. The second-order valence-corrected chi connectivity index (χ2v) is 6.13. The number of aryl methyl sites for hydroxylation is 1. The minimum Gasteiger partial charge on any atom is -0.508 e. The van der Waals surface area contributed by atoms with Crippen LogP contribution in [0.5, 0.6) is 5.75 Å². The summed E-state index contributed by atoms with van der Waals surface area (Å²) >= 11 is 0. The number of H-pyrrole nitrogens is 1. The zero-order valence-corrected chi connectivity index (χ0v) is 14.3. The van der Waals surface area contributed by atoms with Gasteiger partial charge in [-0.2, -0.15) is 5.26 Å². The van der Waals surface area contributed by atoms with E-state index in [4.69, 9.17) is 0 Å². The highest BCUT2D eigenvalue weighted by molar-refractivity contribution is 5.94. The highest BCUT2D eigenvalue weighted by atomic mass is 16.3. The van der Waals surface area contributed by atoms with E-state index in [1.165, 1.54) is 6.33 Å². The summed E-state index contributed by atoms with van der Waals surface area (Å²) in [6.07, 6.45) is 6.55. The lowest BCUT2D eigenvalue weighted by Crippen LogP contribution is -1.94. The van der Waals surface area contributed by atoms with Crippen LogP contribution in [0.2, 0.25) is 0 Å². The fourth-order valence-corrected chi connectivity index (χ4v) is 3.23. The lowest BCUT2D eigenvalue weighted by Gasteiger charge is -2.13. The maximum absolute atomic E-state index is 10.1. The van der Waals surface area contributed by atoms with Crippen LogP contribution in [-0.2, 0) is 0 Å². The Morgan fingerprint density at radius 2 is 1.88 bits per heavy atom. The Balaban J connectivity index is 1.99. The van der Waals surface area contributed by atoms with Crippen molar-refractivity contribution >= 4 is 11.0 Å². The van der Waals surface area contributed by atoms with Crippen molar-refractivity contribution in [3.8, 4) is 34.2 Å². The maximum atomic E-state index is 10.1. The molecule has 26 heavy (non-hydrogen) atoms. The Kier molecular flexibility index (Phi) is 3.63. The predicted octanol–water partition coefficient (Wildman–Crippen LogP) is 3.88. The van der Waals surface area contributed by atoms with Gasteiger partial charge in [-0.3, -0.25) is 0 Å². The first-order valence-corrected chi connectivity index (χ1v) is 8.07. The average Bonchev–Trinajstić information content (AvgIpc) is 3.10. The van der Waals surface area contributed by atoms with E-state index in [0.29, 0.717) is 16.8 Å². The molecule has 2 N–H and O–H groups in total. The SMILES string of the molecule is Cc1ccc(O)c(C)c1-c1cnc2[nH]c(-c3cncnc3)cc2c1C#N. The van der Waals surface area contributed by atoms with Crippen molar-refractivity contribution < 1.29 is 5.11 Å². The van der Waals surface area contributed by atoms with Gasteiger partial charge in [0, 0.05) is 35.1 Å². The Hall–Kier alpha value is -3.72. The third-order valence-corrected chi connectivity index (χ3v) is 4.56. The van der Waals surface area contributed by atoms with Crippen LogP contribution in [0.15, 0.2) is 43.1 Å². The van der Waals surface area contributed by atoms with E-state index < -0.39 is 0 Å². The maximum Gasteiger partial charge on any atom is 0.139 e. The van der Waals surface area contributed by atoms with Crippen molar-refractivity contribution in [1.82, 2.24) is 19.9 Å². The smallest absolute Gasteiger partial charge is 0.139 e. The van der Waals surface area contributed by atoms with Crippen LogP contribution in [0.3, 0.4) is 0 Å². The number of nitrogens with zero attached hydrogens (tertiary/aromatic N) is 4. The molecule has 0 atom stereocenters. The zero-order chi connectivity index (χ0) is 18.3. The number of hydrogen-bond acceptors (Lipinski definition) is 5. The van der Waals surface area contributed by atoms with E-state index >= 15 is 0 Å². The molecule has 3 aromatic heterocycles. The molecule has 4 rings (SSSR count). The van der Waals surface area contributed by atoms with Gasteiger partial charge in [0.05, 0.1) is 11.3 Å². The third-order valence-electron chi connectivity index (χ3n) is 4.56. The van der Waals surface area contributed by atoms with Crippen LogP contribution in [0, 0.1) is 25.2 Å². The predicted molar refractivity (Wildman–Crippen MR) is 98.4 cm³/mol. The number of nitriles is 1. The van der Waals surface area contributed by atoms with E-state index in [9.17, 15) is 10.4 Å². The van der Waals surface area contributed by atoms with Gasteiger partial charge in [-0.25, -0.2) is 15.0 Å². The van der Waals surface area contributed by atoms with Gasteiger partial charge in [0.1, 0.15) is 23.8 Å². The summed E-state index contributed by atoms with van der Waals surface area (Å²) in [6, 6.07) is 7.69. The second kappa shape index (κ2) is 5.97. The first kappa shape index (κ1) is 15.8. The fraction of sp³-hybridized carbons (Fsp3) is 0.100. The van der Waals surface area contributed by atoms with Gasteiger partial charge in [0.25, 0.3) is 0 Å². The summed E-state index contributed by atoms with van der Waals surface area (Å²) in [5, 5.41) is 20.6. The molecule has 4 aromatic rings. The molecule has 0 aliphatic rings. The van der Waals surface area contributed by atoms with Crippen LogP contribution in [0.1, 0.15) is 16.7 Å². The highest BCUT2D eigenvalue weighted by Gasteiger charge is 2.18. The number of aromatic amines is 1. The Morgan fingerprint density at radius 3 is 2.62 bits per heavy atom. The molecule has 0 bridgehead atoms. The summed E-state index contributed by atoms with van der Waals surface area (Å²) in [5.74, 6) is 0.200. The number of benzene rings is 1. The fourth-order valence-electron chi connectivity index (χ4n) is 3.23. The van der Waals surface area contributed by atoms with E-state index in [1.54, 1.807) is 24.7 Å². The molecule has 126 valence electrons. The summed E-state index contributed by atoms with van der Waals surface area (Å²) in [7, 11) is 0. The summed E-state index contributed by atoms with van der Waals surface area (Å²) < 4.78 is 0. The standard InChI is InChI=1S/C20H15N5O/c1-11-3-4-18(26)12(2)19(11)16-9-24-20-14(15(16)6-21)5-17(25-20)13-7-22-10-23-8-13/h3-5,7-10,26H,1-2H3,(H,24,25). The molecule has 0 aliphatic heterocycles. The van der Waals surface area contributed by atoms with Crippen LogP contribution in [0.25, 0.3) is 33.4 Å². The minimum absolute atomic E-state index is 0.200. The van der Waals surface area contributed by atoms with Crippen molar-refractivity contribution in [2.75, 3.05) is 0 Å². The lowest BCUT2D eigenvalue weighted by molar-refractivity contribution is 0.471. The molecular formula is C20H15N5O. The quantitative estimate of drug-likeness (QED) is 0.576. The van der Waals surface area contributed by atoms with Crippen molar-refractivity contribution in [3.05, 3.63) is 59.8 Å². The molecule has 6 nitrogen and oxygen atoms in total. The van der Waals surface area contributed by atoms with Gasteiger partial charge in [0.2, 0.25) is 0 Å². The molecule has 0 aliphatic carbocycles. The third kappa shape index (κ3) is 2.38. The van der Waals surface area contributed by atoms with E-state index in [0.717, 1.165) is 33.3 Å². The van der Waals surface area contributed by atoms with Gasteiger partial charge in [0.15, 0.2) is 0 Å². The molecule has 6 heteroatoms. The van der Waals surface area contributed by atoms with Gasteiger partial charge in [-0.15, -0.1) is 0 Å². The van der Waals surface area contributed by atoms with Gasteiger partial charge >= 0.3 is 0 Å². The van der Waals surface area contributed by atoms with Crippen molar-refractivity contribution in [3.63, 3.8) is 0 Å². The van der Waals surface area contributed by atoms with Gasteiger partial charge < -0.3 is 10.1 Å². The number of hydrogen-bond donors (Lipinski definition) is 2. The number of phenols is 1. The molecule has 0 fully saturated rings. The molecule has 0 amide bonds. The number of phenolic OH excluding ortho intramolecular Hbond substituents is 1. The van der Waals surface area contributed by atoms with Crippen molar-refractivity contribution in [2.45, 2.75) is 13.8 Å². The lowest BCUT2D eigenvalue weighted by atomic mass is 9.92. The van der Waals surface area contributed by atoms with E-state index in [1.807, 2.05) is 26.0 Å². The summed E-state index contributed by atoms with van der Waals surface area (Å²) in [4.78, 5) is 15.8. The molecule has 0 spiro atoms. The largest absolute Gasteiger partial charge is 0.508 e. The Morgan fingerprint density at radius 1 is 1.12 bits per heavy atom. The van der Waals surface area contributed by atoms with Gasteiger partial charge in [-0.1, -0.05) is 6.07 Å². The first-order valence-electron chi connectivity index (χ1n) is 8.07. The normalized spacial score (nSPS) is 10.8. The molecule has 0 saturated carbocycles. The highest BCUT2D eigenvalue weighted by Crippen LogP contribution is 2.37. The first-order chi connectivity index (χ1) is 12.6. The molecule has 3 heterocycles. The number of aromatic nitrogens is 4. The van der Waals surface area contributed by atoms with Crippen LogP contribution in [0.4, 0.5) is 0 Å². The number of rotatable bonds is 2. The van der Waals surface area contributed by atoms with E-state index in [2.05, 4.69) is 26.0 Å². The zero-order valence-electron chi connectivity index (χ0n) is 14.3. The van der Waals surface area contributed by atoms with Crippen molar-refractivity contribution in [1.29, 1.82) is 5.26 Å². The topological polar surface area (TPSA) is 98.5 Å². The molecule has 0 radical (unpaired) electrons. The number of pyridine rings is 1. The molecule has 0 unspecified atom stereocenters. The van der Waals surface area contributed by atoms with Crippen molar-refractivity contribution in [2.24, 2.45) is 0 Å². The van der Waals surface area contributed by atoms with Crippen LogP contribution < -0.4 is 0 Å². The molecule has 0 saturated heterocycles.